The van der Waals surface area contributed by atoms with Gasteiger partial charge in [0.1, 0.15) is 0 Å². The summed E-state index contributed by atoms with van der Waals surface area (Å²) in [6, 6.07) is 15.0. The Kier molecular flexibility index (Phi) is 3.98. The van der Waals surface area contributed by atoms with Gasteiger partial charge in [0.05, 0.1) is 16.8 Å². The first-order chi connectivity index (χ1) is 11.1. The molecule has 0 saturated heterocycles. The fourth-order valence-electron chi connectivity index (χ4n) is 2.65. The van der Waals surface area contributed by atoms with Gasteiger partial charge < -0.3 is 10.4 Å². The summed E-state index contributed by atoms with van der Waals surface area (Å²) in [5.74, 6) is -0.947. The van der Waals surface area contributed by atoms with Crippen molar-refractivity contribution >= 4 is 28.2 Å². The maximum absolute atomic E-state index is 11.4. The SMILES string of the molecule is CCc1ccc2nc(C)cc(Nc3ccccc3C(=O)O)c2c1. The number of aromatic carboxylic acids is 1. The van der Waals surface area contributed by atoms with Crippen molar-refractivity contribution in [3.05, 3.63) is 65.4 Å². The van der Waals surface area contributed by atoms with Crippen LogP contribution in [0.4, 0.5) is 11.4 Å². The van der Waals surface area contributed by atoms with Crippen LogP contribution in [0.25, 0.3) is 10.9 Å². The first-order valence-electron chi connectivity index (χ1n) is 7.58. The van der Waals surface area contributed by atoms with Gasteiger partial charge in [-0.05, 0) is 49.2 Å². The number of fused-ring (bicyclic) bond motifs is 1. The molecular formula is C19H18N2O2. The van der Waals surface area contributed by atoms with Gasteiger partial charge in [-0.1, -0.05) is 25.1 Å². The van der Waals surface area contributed by atoms with E-state index < -0.39 is 5.97 Å². The third-order valence-corrected chi connectivity index (χ3v) is 3.84. The third-order valence-electron chi connectivity index (χ3n) is 3.84. The normalized spacial score (nSPS) is 10.7. The molecule has 1 heterocycles. The molecule has 0 aliphatic rings. The fraction of sp³-hybridized carbons (Fsp3) is 0.158. The number of aromatic nitrogens is 1. The molecule has 23 heavy (non-hydrogen) atoms. The number of carbonyl (C=O) groups is 1. The molecule has 116 valence electrons. The van der Waals surface area contributed by atoms with Crippen LogP contribution in [0.5, 0.6) is 0 Å². The second-order valence-electron chi connectivity index (χ2n) is 5.49. The average Bonchev–Trinajstić information content (AvgIpc) is 2.54. The molecule has 3 aromatic rings. The van der Waals surface area contributed by atoms with Crippen molar-refractivity contribution in [3.63, 3.8) is 0 Å². The zero-order valence-corrected chi connectivity index (χ0v) is 13.1. The van der Waals surface area contributed by atoms with Crippen LogP contribution in [0.2, 0.25) is 0 Å². The van der Waals surface area contributed by atoms with E-state index >= 15 is 0 Å². The number of carboxylic acid groups (broad SMARTS) is 1. The Morgan fingerprint density at radius 3 is 2.65 bits per heavy atom. The molecule has 0 bridgehead atoms. The summed E-state index contributed by atoms with van der Waals surface area (Å²) < 4.78 is 0. The predicted molar refractivity (Wildman–Crippen MR) is 92.5 cm³/mol. The Labute approximate surface area is 134 Å². The van der Waals surface area contributed by atoms with Crippen molar-refractivity contribution in [2.75, 3.05) is 5.32 Å². The van der Waals surface area contributed by atoms with E-state index in [-0.39, 0.29) is 5.56 Å². The molecule has 0 radical (unpaired) electrons. The largest absolute Gasteiger partial charge is 0.478 e. The summed E-state index contributed by atoms with van der Waals surface area (Å²) >= 11 is 0. The van der Waals surface area contributed by atoms with E-state index in [0.717, 1.165) is 28.7 Å². The van der Waals surface area contributed by atoms with Crippen LogP contribution in [0.15, 0.2) is 48.5 Å². The standard InChI is InChI=1S/C19H18N2O2/c1-3-13-8-9-17-15(11-13)18(10-12(2)20-17)21-16-7-5-4-6-14(16)19(22)23/h4-11H,3H2,1-2H3,(H,20,21)(H,22,23). The second-order valence-corrected chi connectivity index (χ2v) is 5.49. The van der Waals surface area contributed by atoms with Crippen LogP contribution < -0.4 is 5.32 Å². The van der Waals surface area contributed by atoms with Crippen LogP contribution in [0.1, 0.15) is 28.5 Å². The summed E-state index contributed by atoms with van der Waals surface area (Å²) in [7, 11) is 0. The van der Waals surface area contributed by atoms with Gasteiger partial charge in [0.15, 0.2) is 0 Å². The van der Waals surface area contributed by atoms with Crippen molar-refractivity contribution in [2.45, 2.75) is 20.3 Å². The van der Waals surface area contributed by atoms with E-state index in [1.54, 1.807) is 18.2 Å². The number of rotatable bonds is 4. The molecule has 0 unspecified atom stereocenters. The van der Waals surface area contributed by atoms with Crippen LogP contribution in [-0.4, -0.2) is 16.1 Å². The highest BCUT2D eigenvalue weighted by molar-refractivity contribution is 5.98. The van der Waals surface area contributed by atoms with E-state index in [9.17, 15) is 9.90 Å². The summed E-state index contributed by atoms with van der Waals surface area (Å²) in [6.07, 6.45) is 0.939. The van der Waals surface area contributed by atoms with Gasteiger partial charge in [0, 0.05) is 16.8 Å². The lowest BCUT2D eigenvalue weighted by atomic mass is 10.1. The number of hydrogen-bond acceptors (Lipinski definition) is 3. The Bertz CT molecular complexity index is 888. The van der Waals surface area contributed by atoms with Gasteiger partial charge in [-0.25, -0.2) is 4.79 Å². The molecule has 0 atom stereocenters. The number of hydrogen-bond donors (Lipinski definition) is 2. The lowest BCUT2D eigenvalue weighted by Crippen LogP contribution is -2.03. The topological polar surface area (TPSA) is 62.2 Å². The molecule has 0 saturated carbocycles. The summed E-state index contributed by atoms with van der Waals surface area (Å²) in [4.78, 5) is 15.9. The molecule has 3 rings (SSSR count). The first-order valence-corrected chi connectivity index (χ1v) is 7.58. The molecule has 2 N–H and O–H groups in total. The van der Waals surface area contributed by atoms with Crippen molar-refractivity contribution in [1.82, 2.24) is 4.98 Å². The number of nitrogens with one attached hydrogen (secondary N) is 1. The van der Waals surface area contributed by atoms with E-state index in [1.165, 1.54) is 5.56 Å². The zero-order valence-electron chi connectivity index (χ0n) is 13.1. The molecule has 0 fully saturated rings. The predicted octanol–water partition coefficient (Wildman–Crippen LogP) is 4.55. The van der Waals surface area contributed by atoms with Gasteiger partial charge in [-0.2, -0.15) is 0 Å². The van der Waals surface area contributed by atoms with Crippen molar-refractivity contribution in [2.24, 2.45) is 0 Å². The zero-order chi connectivity index (χ0) is 16.4. The first kappa shape index (κ1) is 15.0. The van der Waals surface area contributed by atoms with Crippen molar-refractivity contribution in [1.29, 1.82) is 0 Å². The van der Waals surface area contributed by atoms with Crippen molar-refractivity contribution < 1.29 is 9.90 Å². The molecule has 4 heteroatoms. The van der Waals surface area contributed by atoms with Crippen LogP contribution in [0, 0.1) is 6.92 Å². The van der Waals surface area contributed by atoms with Crippen molar-refractivity contribution in [3.8, 4) is 0 Å². The third kappa shape index (κ3) is 3.01. The number of aryl methyl sites for hydroxylation is 2. The number of carboxylic acids is 1. The summed E-state index contributed by atoms with van der Waals surface area (Å²) in [5, 5.41) is 13.6. The number of pyridine rings is 1. The highest BCUT2D eigenvalue weighted by atomic mass is 16.4. The van der Waals surface area contributed by atoms with Gasteiger partial charge in [0.2, 0.25) is 0 Å². The van der Waals surface area contributed by atoms with E-state index in [4.69, 9.17) is 0 Å². The van der Waals surface area contributed by atoms with Crippen LogP contribution >= 0.6 is 0 Å². The van der Waals surface area contributed by atoms with Crippen LogP contribution in [-0.2, 0) is 6.42 Å². The lowest BCUT2D eigenvalue weighted by Gasteiger charge is -2.13. The minimum absolute atomic E-state index is 0.252. The Hall–Kier alpha value is -2.88. The van der Waals surface area contributed by atoms with E-state index in [1.807, 2.05) is 25.1 Å². The van der Waals surface area contributed by atoms with Crippen LogP contribution in [0.3, 0.4) is 0 Å². The number of para-hydroxylation sites is 1. The number of benzene rings is 2. The quantitative estimate of drug-likeness (QED) is 0.742. The molecular weight excluding hydrogens is 288 g/mol. The van der Waals surface area contributed by atoms with Gasteiger partial charge >= 0.3 is 5.97 Å². The molecule has 2 aromatic carbocycles. The molecule has 0 aliphatic carbocycles. The highest BCUT2D eigenvalue weighted by Gasteiger charge is 2.11. The molecule has 0 spiro atoms. The number of nitrogens with zero attached hydrogens (tertiary/aromatic N) is 1. The average molecular weight is 306 g/mol. The lowest BCUT2D eigenvalue weighted by molar-refractivity contribution is 0.0698. The second kappa shape index (κ2) is 6.08. The molecule has 0 amide bonds. The Morgan fingerprint density at radius 2 is 1.91 bits per heavy atom. The highest BCUT2D eigenvalue weighted by Crippen LogP contribution is 2.29. The fourth-order valence-corrected chi connectivity index (χ4v) is 2.65. The molecule has 0 aliphatic heterocycles. The minimum Gasteiger partial charge on any atom is -0.478 e. The van der Waals surface area contributed by atoms with Gasteiger partial charge in [-0.15, -0.1) is 0 Å². The van der Waals surface area contributed by atoms with Gasteiger partial charge in [-0.3, -0.25) is 4.98 Å². The number of anilines is 2. The molecule has 4 nitrogen and oxygen atoms in total. The maximum Gasteiger partial charge on any atom is 0.337 e. The molecule has 1 aromatic heterocycles. The van der Waals surface area contributed by atoms with Gasteiger partial charge in [0.25, 0.3) is 0 Å². The monoisotopic (exact) mass is 306 g/mol. The Morgan fingerprint density at radius 1 is 1.13 bits per heavy atom. The maximum atomic E-state index is 11.4. The minimum atomic E-state index is -0.947. The van der Waals surface area contributed by atoms with E-state index in [2.05, 4.69) is 29.4 Å². The van der Waals surface area contributed by atoms with E-state index in [0.29, 0.717) is 5.69 Å². The summed E-state index contributed by atoms with van der Waals surface area (Å²) in [6.45, 7) is 4.04. The summed E-state index contributed by atoms with van der Waals surface area (Å²) in [5.41, 5.74) is 4.71. The Balaban J connectivity index is 2.14. The smallest absolute Gasteiger partial charge is 0.337 e.